The average Bonchev–Trinajstić information content (AvgIpc) is 2.72. The number of hydrogen-bond acceptors (Lipinski definition) is 3. The van der Waals surface area contributed by atoms with Gasteiger partial charge in [-0.05, 0) is 19.8 Å². The van der Waals surface area contributed by atoms with E-state index in [1.165, 1.54) is 0 Å². The minimum absolute atomic E-state index is 0.00245. The van der Waals surface area contributed by atoms with Gasteiger partial charge in [-0.15, -0.1) is 0 Å². The smallest absolute Gasteiger partial charge is 0.110 e. The minimum Gasteiger partial charge on any atom is -0.377 e. The largest absolute Gasteiger partial charge is 0.377 e. The average molecular weight is 239 g/mol. The van der Waals surface area contributed by atoms with Gasteiger partial charge in [0.25, 0.3) is 0 Å². The van der Waals surface area contributed by atoms with Crippen molar-refractivity contribution in [2.75, 3.05) is 6.61 Å². The van der Waals surface area contributed by atoms with Crippen molar-refractivity contribution in [2.24, 2.45) is 11.7 Å². The van der Waals surface area contributed by atoms with E-state index in [9.17, 15) is 0 Å². The molecule has 0 saturated carbocycles. The number of rotatable bonds is 7. The molecule has 1 aromatic rings. The Hall–Kier alpha value is -0.870. The lowest BCUT2D eigenvalue weighted by Crippen LogP contribution is -2.42. The topological polar surface area (TPSA) is 53.1 Å². The van der Waals surface area contributed by atoms with Crippen LogP contribution in [0.5, 0.6) is 0 Å². The molecule has 0 spiro atoms. The van der Waals surface area contributed by atoms with Crippen molar-refractivity contribution in [1.82, 2.24) is 9.55 Å². The number of imidazole rings is 1. The summed E-state index contributed by atoms with van der Waals surface area (Å²) in [5.74, 6) is 1.47. The van der Waals surface area contributed by atoms with Gasteiger partial charge in [0.1, 0.15) is 5.82 Å². The predicted octanol–water partition coefficient (Wildman–Crippen LogP) is 1.83. The maximum absolute atomic E-state index is 6.24. The minimum atomic E-state index is 0.00245. The highest BCUT2D eigenvalue weighted by Gasteiger charge is 2.23. The summed E-state index contributed by atoms with van der Waals surface area (Å²) in [5, 5.41) is 0. The third kappa shape index (κ3) is 3.82. The monoisotopic (exact) mass is 239 g/mol. The first kappa shape index (κ1) is 14.2. The zero-order valence-corrected chi connectivity index (χ0v) is 11.4. The molecule has 2 N–H and O–H groups in total. The molecule has 0 radical (unpaired) electrons. The fourth-order valence-corrected chi connectivity index (χ4v) is 2.15. The maximum atomic E-state index is 6.24. The summed E-state index contributed by atoms with van der Waals surface area (Å²) in [4.78, 5) is 4.36. The third-order valence-electron chi connectivity index (χ3n) is 3.00. The van der Waals surface area contributed by atoms with Gasteiger partial charge in [0, 0.05) is 38.0 Å². The highest BCUT2D eigenvalue weighted by Crippen LogP contribution is 2.13. The van der Waals surface area contributed by atoms with Crippen molar-refractivity contribution in [1.29, 1.82) is 0 Å². The SMILES string of the molecule is CCOC(C(C)C)C(N)Cc1nccn1CC. The Morgan fingerprint density at radius 2 is 2.12 bits per heavy atom. The van der Waals surface area contributed by atoms with Crippen molar-refractivity contribution >= 4 is 0 Å². The first-order chi connectivity index (χ1) is 8.10. The van der Waals surface area contributed by atoms with Crippen LogP contribution >= 0.6 is 0 Å². The van der Waals surface area contributed by atoms with Crippen molar-refractivity contribution in [3.63, 3.8) is 0 Å². The molecule has 4 nitrogen and oxygen atoms in total. The molecule has 4 heteroatoms. The van der Waals surface area contributed by atoms with Crippen LogP contribution in [-0.2, 0) is 17.7 Å². The van der Waals surface area contributed by atoms with Crippen LogP contribution in [0.3, 0.4) is 0 Å². The van der Waals surface area contributed by atoms with E-state index in [0.717, 1.165) is 18.8 Å². The first-order valence-corrected chi connectivity index (χ1v) is 6.47. The van der Waals surface area contributed by atoms with Gasteiger partial charge in [-0.1, -0.05) is 13.8 Å². The van der Waals surface area contributed by atoms with E-state index < -0.39 is 0 Å². The normalized spacial score (nSPS) is 15.2. The molecule has 0 aliphatic rings. The molecule has 2 unspecified atom stereocenters. The lowest BCUT2D eigenvalue weighted by molar-refractivity contribution is 0.0122. The Morgan fingerprint density at radius 3 is 2.65 bits per heavy atom. The molecule has 17 heavy (non-hydrogen) atoms. The number of nitrogens with two attached hydrogens (primary N) is 1. The van der Waals surface area contributed by atoms with Crippen LogP contribution in [0.25, 0.3) is 0 Å². The molecule has 0 aliphatic heterocycles. The Bertz CT molecular complexity index is 322. The second-order valence-electron chi connectivity index (χ2n) is 4.66. The van der Waals surface area contributed by atoms with Crippen LogP contribution in [0, 0.1) is 5.92 Å². The first-order valence-electron chi connectivity index (χ1n) is 6.47. The summed E-state index contributed by atoms with van der Waals surface area (Å²) in [7, 11) is 0. The van der Waals surface area contributed by atoms with Crippen molar-refractivity contribution in [3.8, 4) is 0 Å². The van der Waals surface area contributed by atoms with Crippen LogP contribution in [0.15, 0.2) is 12.4 Å². The number of aromatic nitrogens is 2. The van der Waals surface area contributed by atoms with Crippen molar-refractivity contribution in [2.45, 2.75) is 52.8 Å². The van der Waals surface area contributed by atoms with Gasteiger partial charge < -0.3 is 15.0 Å². The van der Waals surface area contributed by atoms with Gasteiger partial charge in [-0.2, -0.15) is 0 Å². The Balaban J connectivity index is 2.66. The highest BCUT2D eigenvalue weighted by molar-refractivity contribution is 4.97. The summed E-state index contributed by atoms with van der Waals surface area (Å²) in [6.07, 6.45) is 4.69. The van der Waals surface area contributed by atoms with E-state index in [-0.39, 0.29) is 12.1 Å². The number of aryl methyl sites for hydroxylation is 1. The molecule has 2 atom stereocenters. The van der Waals surface area contributed by atoms with E-state index in [1.807, 2.05) is 19.3 Å². The second kappa shape index (κ2) is 6.77. The van der Waals surface area contributed by atoms with E-state index in [1.54, 1.807) is 0 Å². The lowest BCUT2D eigenvalue weighted by Gasteiger charge is -2.27. The van der Waals surface area contributed by atoms with Crippen molar-refractivity contribution < 1.29 is 4.74 Å². The van der Waals surface area contributed by atoms with E-state index >= 15 is 0 Å². The molecular formula is C13H25N3O. The molecule has 0 aromatic carbocycles. The molecule has 1 aromatic heterocycles. The number of hydrogen-bond donors (Lipinski definition) is 1. The van der Waals surface area contributed by atoms with Gasteiger partial charge in [0.2, 0.25) is 0 Å². The Kier molecular flexibility index (Phi) is 5.65. The second-order valence-corrected chi connectivity index (χ2v) is 4.66. The van der Waals surface area contributed by atoms with E-state index in [2.05, 4.69) is 30.3 Å². The number of nitrogens with zero attached hydrogens (tertiary/aromatic N) is 2. The molecular weight excluding hydrogens is 214 g/mol. The fraction of sp³-hybridized carbons (Fsp3) is 0.769. The fourth-order valence-electron chi connectivity index (χ4n) is 2.15. The van der Waals surface area contributed by atoms with E-state index in [4.69, 9.17) is 10.5 Å². The number of ether oxygens (including phenoxy) is 1. The Labute approximate surface area is 104 Å². The summed E-state index contributed by atoms with van der Waals surface area (Å²) in [5.41, 5.74) is 6.24. The zero-order valence-electron chi connectivity index (χ0n) is 11.4. The van der Waals surface area contributed by atoms with Crippen molar-refractivity contribution in [3.05, 3.63) is 18.2 Å². The third-order valence-corrected chi connectivity index (χ3v) is 3.00. The van der Waals surface area contributed by atoms with Crippen LogP contribution in [-0.4, -0.2) is 28.3 Å². The van der Waals surface area contributed by atoms with Crippen LogP contribution in [0.4, 0.5) is 0 Å². The summed E-state index contributed by atoms with van der Waals surface area (Å²) < 4.78 is 7.85. The van der Waals surface area contributed by atoms with E-state index in [0.29, 0.717) is 12.5 Å². The quantitative estimate of drug-likeness (QED) is 0.790. The Morgan fingerprint density at radius 1 is 1.41 bits per heavy atom. The molecule has 0 fully saturated rings. The van der Waals surface area contributed by atoms with Gasteiger partial charge in [-0.25, -0.2) is 4.98 Å². The molecule has 0 saturated heterocycles. The summed E-state index contributed by atoms with van der Waals surface area (Å²) >= 11 is 0. The van der Waals surface area contributed by atoms with Gasteiger partial charge in [-0.3, -0.25) is 0 Å². The molecule has 0 aliphatic carbocycles. The summed E-state index contributed by atoms with van der Waals surface area (Å²) in [6.45, 7) is 10.1. The summed E-state index contributed by atoms with van der Waals surface area (Å²) in [6, 6.07) is 0.00245. The van der Waals surface area contributed by atoms with Gasteiger partial charge >= 0.3 is 0 Å². The van der Waals surface area contributed by atoms with Gasteiger partial charge in [0.05, 0.1) is 6.10 Å². The highest BCUT2D eigenvalue weighted by atomic mass is 16.5. The molecule has 1 heterocycles. The molecule has 0 amide bonds. The predicted molar refractivity (Wildman–Crippen MR) is 69.8 cm³/mol. The lowest BCUT2D eigenvalue weighted by atomic mass is 9.97. The molecule has 1 rings (SSSR count). The van der Waals surface area contributed by atoms with Crippen LogP contribution in [0.2, 0.25) is 0 Å². The van der Waals surface area contributed by atoms with Crippen LogP contribution in [0.1, 0.15) is 33.5 Å². The van der Waals surface area contributed by atoms with Gasteiger partial charge in [0.15, 0.2) is 0 Å². The maximum Gasteiger partial charge on any atom is 0.110 e. The molecule has 98 valence electrons. The molecule has 0 bridgehead atoms. The zero-order chi connectivity index (χ0) is 12.8. The standard InChI is InChI=1S/C13H25N3O/c1-5-16-8-7-15-12(16)9-11(14)13(10(3)4)17-6-2/h7-8,10-11,13H,5-6,9,14H2,1-4H3. The van der Waals surface area contributed by atoms with Crippen LogP contribution < -0.4 is 5.73 Å².